The second-order valence-corrected chi connectivity index (χ2v) is 10.8. The van der Waals surface area contributed by atoms with Gasteiger partial charge in [0.1, 0.15) is 11.3 Å². The standard InChI is InChI=1S/C25H25NO6S/c1-2-3-12-31-18-8-6-7-16(14-18)22-21-23(27)19-9-4-5-10-20(19)32-24(21)25(28)26(22)17-11-13-33(29,30)15-17/h4-10,14,17,22H,2-3,11-13,15H2,1H3/t17-,22+/m1/s1. The molecule has 3 aromatic rings. The molecule has 1 aromatic heterocycles. The van der Waals surface area contributed by atoms with Gasteiger partial charge in [0, 0.05) is 6.04 Å². The lowest BCUT2D eigenvalue weighted by atomic mass is 9.97. The lowest BCUT2D eigenvalue weighted by Gasteiger charge is -2.30. The molecule has 2 aliphatic heterocycles. The lowest BCUT2D eigenvalue weighted by molar-refractivity contribution is 0.0662. The molecule has 0 spiro atoms. The van der Waals surface area contributed by atoms with E-state index in [1.807, 2.05) is 24.3 Å². The van der Waals surface area contributed by atoms with E-state index < -0.39 is 27.8 Å². The number of carbonyl (C=O) groups excluding carboxylic acids is 1. The third-order valence-corrected chi connectivity index (χ3v) is 8.11. The van der Waals surface area contributed by atoms with Gasteiger partial charge in [-0.3, -0.25) is 9.59 Å². The highest BCUT2D eigenvalue weighted by Gasteiger charge is 2.48. The molecule has 1 saturated heterocycles. The summed E-state index contributed by atoms with van der Waals surface area (Å²) in [5, 5.41) is 0.394. The molecule has 1 fully saturated rings. The number of amides is 1. The van der Waals surface area contributed by atoms with Crippen LogP contribution in [0.1, 0.15) is 53.9 Å². The molecule has 3 heterocycles. The van der Waals surface area contributed by atoms with E-state index in [-0.39, 0.29) is 28.3 Å². The first-order chi connectivity index (χ1) is 15.9. The van der Waals surface area contributed by atoms with Crippen LogP contribution in [0.3, 0.4) is 0 Å². The minimum absolute atomic E-state index is 0.00898. The SMILES string of the molecule is CCCCOc1cccc([C@H]2c3c(oc4ccccc4c3=O)C(=O)N2[C@@H]2CCS(=O)(=O)C2)c1. The molecule has 2 aromatic carbocycles. The topological polar surface area (TPSA) is 93.9 Å². The zero-order valence-corrected chi connectivity index (χ0v) is 19.1. The third kappa shape index (κ3) is 3.82. The highest BCUT2D eigenvalue weighted by molar-refractivity contribution is 7.91. The number of carbonyl (C=O) groups is 1. The Labute approximate surface area is 191 Å². The van der Waals surface area contributed by atoms with E-state index in [1.165, 1.54) is 4.90 Å². The van der Waals surface area contributed by atoms with Crippen molar-refractivity contribution >= 4 is 26.7 Å². The van der Waals surface area contributed by atoms with Gasteiger partial charge in [-0.1, -0.05) is 37.6 Å². The zero-order chi connectivity index (χ0) is 23.2. The number of hydrogen-bond donors (Lipinski definition) is 0. The summed E-state index contributed by atoms with van der Waals surface area (Å²) in [6.45, 7) is 2.65. The molecule has 8 heteroatoms. The van der Waals surface area contributed by atoms with Crippen LogP contribution in [0.2, 0.25) is 0 Å². The van der Waals surface area contributed by atoms with E-state index in [2.05, 4.69) is 6.92 Å². The zero-order valence-electron chi connectivity index (χ0n) is 18.3. The van der Waals surface area contributed by atoms with Gasteiger partial charge in [0.15, 0.2) is 15.3 Å². The van der Waals surface area contributed by atoms with Gasteiger partial charge in [0.25, 0.3) is 5.91 Å². The number of nitrogens with zero attached hydrogens (tertiary/aromatic N) is 1. The Morgan fingerprint density at radius 2 is 1.94 bits per heavy atom. The van der Waals surface area contributed by atoms with E-state index in [0.29, 0.717) is 35.3 Å². The molecule has 0 aliphatic carbocycles. The summed E-state index contributed by atoms with van der Waals surface area (Å²) in [5.41, 5.74) is 1.02. The molecule has 2 atom stereocenters. The Bertz CT molecular complexity index is 1390. The summed E-state index contributed by atoms with van der Waals surface area (Å²) in [7, 11) is -3.25. The van der Waals surface area contributed by atoms with Crippen LogP contribution in [0.25, 0.3) is 11.0 Å². The van der Waals surface area contributed by atoms with Crippen LogP contribution in [-0.2, 0) is 9.84 Å². The van der Waals surface area contributed by atoms with E-state index in [1.54, 1.807) is 24.3 Å². The number of sulfone groups is 1. The Kier molecular flexibility index (Phi) is 5.48. The number of ether oxygens (including phenoxy) is 1. The summed E-state index contributed by atoms with van der Waals surface area (Å²) >= 11 is 0. The lowest BCUT2D eigenvalue weighted by Crippen LogP contribution is -2.40. The van der Waals surface area contributed by atoms with Gasteiger partial charge in [-0.15, -0.1) is 0 Å². The minimum atomic E-state index is -3.25. The predicted molar refractivity (Wildman–Crippen MR) is 124 cm³/mol. The molecule has 7 nitrogen and oxygen atoms in total. The predicted octanol–water partition coefficient (Wildman–Crippen LogP) is 3.70. The summed E-state index contributed by atoms with van der Waals surface area (Å²) < 4.78 is 36.3. The van der Waals surface area contributed by atoms with E-state index in [9.17, 15) is 18.0 Å². The molecular weight excluding hydrogens is 442 g/mol. The second kappa shape index (κ2) is 8.33. The Morgan fingerprint density at radius 1 is 1.12 bits per heavy atom. The van der Waals surface area contributed by atoms with Gasteiger partial charge in [0.2, 0.25) is 5.76 Å². The Hall–Kier alpha value is -3.13. The minimum Gasteiger partial charge on any atom is -0.494 e. The molecule has 1 amide bonds. The molecule has 0 saturated carbocycles. The van der Waals surface area contributed by atoms with Crippen molar-refractivity contribution in [2.24, 2.45) is 0 Å². The van der Waals surface area contributed by atoms with Crippen molar-refractivity contribution in [3.63, 3.8) is 0 Å². The van der Waals surface area contributed by atoms with Crippen LogP contribution in [0.15, 0.2) is 57.7 Å². The average molecular weight is 468 g/mol. The van der Waals surface area contributed by atoms with Crippen LogP contribution in [0.5, 0.6) is 5.75 Å². The summed E-state index contributed by atoms with van der Waals surface area (Å²) in [5.74, 6) is 0.0890. The first-order valence-corrected chi connectivity index (χ1v) is 13.0. The first-order valence-electron chi connectivity index (χ1n) is 11.2. The van der Waals surface area contributed by atoms with E-state index in [0.717, 1.165) is 12.8 Å². The molecule has 5 rings (SSSR count). The molecule has 0 N–H and O–H groups in total. The normalized spacial score (nSPS) is 21.5. The highest BCUT2D eigenvalue weighted by atomic mass is 32.2. The number of rotatable bonds is 6. The van der Waals surface area contributed by atoms with Gasteiger partial charge >= 0.3 is 0 Å². The quantitative estimate of drug-likeness (QED) is 0.513. The third-order valence-electron chi connectivity index (χ3n) is 6.36. The van der Waals surface area contributed by atoms with Crippen molar-refractivity contribution in [3.8, 4) is 5.75 Å². The van der Waals surface area contributed by atoms with Gasteiger partial charge < -0.3 is 14.1 Å². The van der Waals surface area contributed by atoms with Crippen molar-refractivity contribution in [1.82, 2.24) is 4.90 Å². The van der Waals surface area contributed by atoms with Crippen LogP contribution >= 0.6 is 0 Å². The maximum atomic E-state index is 13.5. The molecular formula is C25H25NO6S. The molecule has 0 bridgehead atoms. The summed E-state index contributed by atoms with van der Waals surface area (Å²) in [6.07, 6.45) is 2.25. The van der Waals surface area contributed by atoms with Crippen LogP contribution < -0.4 is 10.2 Å². The van der Waals surface area contributed by atoms with Gasteiger partial charge in [-0.25, -0.2) is 8.42 Å². The van der Waals surface area contributed by atoms with E-state index in [4.69, 9.17) is 9.15 Å². The Balaban J connectivity index is 1.66. The Morgan fingerprint density at radius 3 is 2.70 bits per heavy atom. The van der Waals surface area contributed by atoms with Gasteiger partial charge in [-0.2, -0.15) is 0 Å². The van der Waals surface area contributed by atoms with Gasteiger partial charge in [-0.05, 0) is 42.7 Å². The number of hydrogen-bond acceptors (Lipinski definition) is 6. The fourth-order valence-corrected chi connectivity index (χ4v) is 6.46. The number of fused-ring (bicyclic) bond motifs is 2. The van der Waals surface area contributed by atoms with Crippen molar-refractivity contribution in [2.45, 2.75) is 38.3 Å². The molecule has 0 unspecified atom stereocenters. The van der Waals surface area contributed by atoms with E-state index >= 15 is 0 Å². The second-order valence-electron chi connectivity index (χ2n) is 8.62. The van der Waals surface area contributed by atoms with Gasteiger partial charge in [0.05, 0.1) is 35.1 Å². The van der Waals surface area contributed by atoms with Crippen molar-refractivity contribution in [3.05, 3.63) is 75.6 Å². The van der Waals surface area contributed by atoms with Crippen LogP contribution in [-0.4, -0.2) is 43.4 Å². The maximum Gasteiger partial charge on any atom is 0.291 e. The monoisotopic (exact) mass is 467 g/mol. The van der Waals surface area contributed by atoms with Crippen molar-refractivity contribution in [2.75, 3.05) is 18.1 Å². The summed E-state index contributed by atoms with van der Waals surface area (Å²) in [6, 6.07) is 12.9. The number of para-hydroxylation sites is 1. The number of benzene rings is 2. The fraction of sp³-hybridized carbons (Fsp3) is 0.360. The summed E-state index contributed by atoms with van der Waals surface area (Å²) in [4.78, 5) is 28.6. The average Bonchev–Trinajstić information content (AvgIpc) is 3.31. The van der Waals surface area contributed by atoms with Crippen LogP contribution in [0.4, 0.5) is 0 Å². The van der Waals surface area contributed by atoms with Crippen molar-refractivity contribution in [1.29, 1.82) is 0 Å². The number of unbranched alkanes of at least 4 members (excludes halogenated alkanes) is 1. The molecule has 172 valence electrons. The molecule has 0 radical (unpaired) electrons. The maximum absolute atomic E-state index is 13.5. The first kappa shape index (κ1) is 21.7. The van der Waals surface area contributed by atoms with Crippen LogP contribution in [0, 0.1) is 0 Å². The largest absolute Gasteiger partial charge is 0.494 e. The highest BCUT2D eigenvalue weighted by Crippen LogP contribution is 2.42. The molecule has 2 aliphatic rings. The smallest absolute Gasteiger partial charge is 0.291 e. The van der Waals surface area contributed by atoms with Crippen molar-refractivity contribution < 1.29 is 22.4 Å². The molecule has 33 heavy (non-hydrogen) atoms. The fourth-order valence-electron chi connectivity index (χ4n) is 4.74.